The lowest BCUT2D eigenvalue weighted by molar-refractivity contribution is 0.406. The fourth-order valence-corrected chi connectivity index (χ4v) is 2.81. The minimum atomic E-state index is -0.439. The molecule has 0 unspecified atom stereocenters. The number of ether oxygens (including phenoxy) is 1. The van der Waals surface area contributed by atoms with Gasteiger partial charge in [-0.2, -0.15) is 0 Å². The monoisotopic (exact) mass is 297 g/mol. The highest BCUT2D eigenvalue weighted by Crippen LogP contribution is 2.40. The third-order valence-electron chi connectivity index (χ3n) is 2.74. The molecule has 4 heteroatoms. The van der Waals surface area contributed by atoms with E-state index in [1.54, 1.807) is 7.11 Å². The molecule has 1 aromatic heterocycles. The number of methoxy groups -OCH3 is 1. The molecule has 2 N–H and O–H groups in total. The van der Waals surface area contributed by atoms with Crippen LogP contribution in [0, 0.1) is 6.92 Å². The summed E-state index contributed by atoms with van der Waals surface area (Å²) in [5.74, 6) is 1.57. The minimum Gasteiger partial charge on any atom is -0.493 e. The first-order valence-electron chi connectivity index (χ1n) is 5.40. The highest BCUT2D eigenvalue weighted by Gasteiger charge is 2.23. The molecule has 0 radical (unpaired) electrons. The van der Waals surface area contributed by atoms with Gasteiger partial charge in [-0.1, -0.05) is 0 Å². The second-order valence-electron chi connectivity index (χ2n) is 4.76. The van der Waals surface area contributed by atoms with Gasteiger partial charge in [-0.3, -0.25) is 0 Å². The lowest BCUT2D eigenvalue weighted by Crippen LogP contribution is -2.29. The Bertz CT molecular complexity index is 567. The van der Waals surface area contributed by atoms with E-state index < -0.39 is 5.54 Å². The van der Waals surface area contributed by atoms with Gasteiger partial charge in [0.1, 0.15) is 5.76 Å². The molecule has 3 nitrogen and oxygen atoms in total. The van der Waals surface area contributed by atoms with Gasteiger partial charge < -0.3 is 14.9 Å². The van der Waals surface area contributed by atoms with Gasteiger partial charge in [0, 0.05) is 15.4 Å². The molecule has 0 aliphatic rings. The third kappa shape index (κ3) is 2.07. The van der Waals surface area contributed by atoms with Crippen molar-refractivity contribution in [3.8, 4) is 5.75 Å². The molecule has 2 aromatic rings. The standard InChI is InChI=1S/C13H16BrNO2/c1-7-5-8-11(14)9(13(2,3)15)6-10(16-4)12(8)17-7/h5-6H,15H2,1-4H3. The Morgan fingerprint density at radius 2 is 2.00 bits per heavy atom. The predicted molar refractivity (Wildman–Crippen MR) is 72.4 cm³/mol. The maximum atomic E-state index is 6.16. The van der Waals surface area contributed by atoms with Crippen LogP contribution in [0.2, 0.25) is 0 Å². The maximum absolute atomic E-state index is 6.16. The topological polar surface area (TPSA) is 48.4 Å². The van der Waals surface area contributed by atoms with E-state index in [2.05, 4.69) is 15.9 Å². The average molecular weight is 298 g/mol. The number of fused-ring (bicyclic) bond motifs is 1. The minimum absolute atomic E-state index is 0.439. The van der Waals surface area contributed by atoms with E-state index in [9.17, 15) is 0 Å². The predicted octanol–water partition coefficient (Wildman–Crippen LogP) is 3.71. The van der Waals surface area contributed by atoms with E-state index in [0.29, 0.717) is 5.75 Å². The molecule has 92 valence electrons. The van der Waals surface area contributed by atoms with Crippen LogP contribution in [0.15, 0.2) is 21.0 Å². The van der Waals surface area contributed by atoms with Crippen LogP contribution in [-0.2, 0) is 5.54 Å². The van der Waals surface area contributed by atoms with Crippen LogP contribution in [0.25, 0.3) is 11.0 Å². The zero-order valence-electron chi connectivity index (χ0n) is 10.4. The maximum Gasteiger partial charge on any atom is 0.177 e. The molecule has 0 fully saturated rings. The van der Waals surface area contributed by atoms with Crippen LogP contribution in [0.4, 0.5) is 0 Å². The van der Waals surface area contributed by atoms with Crippen LogP contribution in [0.3, 0.4) is 0 Å². The molecule has 0 aliphatic heterocycles. The van der Waals surface area contributed by atoms with E-state index in [-0.39, 0.29) is 0 Å². The van der Waals surface area contributed by atoms with Crippen LogP contribution in [-0.4, -0.2) is 7.11 Å². The van der Waals surface area contributed by atoms with E-state index in [4.69, 9.17) is 14.9 Å². The average Bonchev–Trinajstić information content (AvgIpc) is 2.59. The first-order valence-corrected chi connectivity index (χ1v) is 6.20. The number of hydrogen-bond donors (Lipinski definition) is 1. The van der Waals surface area contributed by atoms with Crippen molar-refractivity contribution >= 4 is 26.9 Å². The van der Waals surface area contributed by atoms with Crippen molar-refractivity contribution in [2.75, 3.05) is 7.11 Å². The number of rotatable bonds is 2. The Morgan fingerprint density at radius 1 is 1.35 bits per heavy atom. The number of nitrogens with two attached hydrogens (primary N) is 1. The van der Waals surface area contributed by atoms with E-state index in [1.807, 2.05) is 32.9 Å². The van der Waals surface area contributed by atoms with Crippen molar-refractivity contribution < 1.29 is 9.15 Å². The molecule has 1 aromatic carbocycles. The summed E-state index contributed by atoms with van der Waals surface area (Å²) >= 11 is 3.60. The summed E-state index contributed by atoms with van der Waals surface area (Å²) in [6.45, 7) is 5.84. The molecule has 0 bridgehead atoms. The Hall–Kier alpha value is -1.00. The highest BCUT2D eigenvalue weighted by atomic mass is 79.9. The largest absolute Gasteiger partial charge is 0.493 e. The van der Waals surface area contributed by atoms with Crippen molar-refractivity contribution in [2.45, 2.75) is 26.3 Å². The van der Waals surface area contributed by atoms with Crippen LogP contribution >= 0.6 is 15.9 Å². The second kappa shape index (κ2) is 4.03. The molecule has 17 heavy (non-hydrogen) atoms. The van der Waals surface area contributed by atoms with Gasteiger partial charge in [-0.15, -0.1) is 0 Å². The van der Waals surface area contributed by atoms with Crippen molar-refractivity contribution in [3.05, 3.63) is 27.9 Å². The molecule has 0 atom stereocenters. The van der Waals surface area contributed by atoms with Crippen LogP contribution in [0.5, 0.6) is 5.75 Å². The molecular formula is C13H16BrNO2. The summed E-state index contributed by atoms with van der Waals surface area (Å²) in [4.78, 5) is 0. The molecule has 0 amide bonds. The summed E-state index contributed by atoms with van der Waals surface area (Å²) in [6.07, 6.45) is 0. The zero-order chi connectivity index (χ0) is 12.8. The first kappa shape index (κ1) is 12.5. The van der Waals surface area contributed by atoms with Crippen molar-refractivity contribution in [1.82, 2.24) is 0 Å². The summed E-state index contributed by atoms with van der Waals surface area (Å²) in [7, 11) is 1.63. The molecule has 0 saturated carbocycles. The van der Waals surface area contributed by atoms with Crippen molar-refractivity contribution in [1.29, 1.82) is 0 Å². The Balaban J connectivity index is 2.85. The van der Waals surface area contributed by atoms with Gasteiger partial charge in [-0.25, -0.2) is 0 Å². The van der Waals surface area contributed by atoms with Gasteiger partial charge in [0.25, 0.3) is 0 Å². The molecule has 2 rings (SSSR count). The van der Waals surface area contributed by atoms with Crippen molar-refractivity contribution in [2.24, 2.45) is 5.73 Å². The number of furan rings is 1. The smallest absolute Gasteiger partial charge is 0.177 e. The Kier molecular flexibility index (Phi) is 2.96. The summed E-state index contributed by atoms with van der Waals surface area (Å²) in [6, 6.07) is 3.91. The van der Waals surface area contributed by atoms with Crippen LogP contribution in [0.1, 0.15) is 25.2 Å². The fraction of sp³-hybridized carbons (Fsp3) is 0.385. The van der Waals surface area contributed by atoms with Gasteiger partial charge in [0.05, 0.1) is 7.11 Å². The molecule has 0 spiro atoms. The second-order valence-corrected chi connectivity index (χ2v) is 5.55. The molecule has 0 saturated heterocycles. The Labute approximate surface area is 109 Å². The van der Waals surface area contributed by atoms with Gasteiger partial charge >= 0.3 is 0 Å². The van der Waals surface area contributed by atoms with E-state index >= 15 is 0 Å². The number of aryl methyl sites for hydroxylation is 1. The zero-order valence-corrected chi connectivity index (χ0v) is 12.0. The number of hydrogen-bond acceptors (Lipinski definition) is 3. The molecule has 1 heterocycles. The van der Waals surface area contributed by atoms with Gasteiger partial charge in [-0.05, 0) is 54.4 Å². The fourth-order valence-electron chi connectivity index (χ4n) is 1.89. The summed E-state index contributed by atoms with van der Waals surface area (Å²) in [5.41, 5.74) is 7.48. The van der Waals surface area contributed by atoms with E-state index in [0.717, 1.165) is 26.8 Å². The molecule has 0 aliphatic carbocycles. The molecular weight excluding hydrogens is 282 g/mol. The lowest BCUT2D eigenvalue weighted by atomic mass is 9.94. The lowest BCUT2D eigenvalue weighted by Gasteiger charge is -2.22. The van der Waals surface area contributed by atoms with Gasteiger partial charge in [0.2, 0.25) is 0 Å². The Morgan fingerprint density at radius 3 is 2.53 bits per heavy atom. The quantitative estimate of drug-likeness (QED) is 0.919. The summed E-state index contributed by atoms with van der Waals surface area (Å²) in [5, 5.41) is 0.996. The SMILES string of the molecule is COc1cc(C(C)(C)N)c(Br)c2cc(C)oc12. The van der Waals surface area contributed by atoms with E-state index in [1.165, 1.54) is 0 Å². The highest BCUT2D eigenvalue weighted by molar-refractivity contribution is 9.10. The number of benzene rings is 1. The third-order valence-corrected chi connectivity index (χ3v) is 3.60. The van der Waals surface area contributed by atoms with Crippen LogP contribution < -0.4 is 10.5 Å². The van der Waals surface area contributed by atoms with Gasteiger partial charge in [0.15, 0.2) is 11.3 Å². The normalized spacial score (nSPS) is 12.1. The number of halogens is 1. The first-order chi connectivity index (χ1) is 7.84. The summed E-state index contributed by atoms with van der Waals surface area (Å²) < 4.78 is 12.0. The van der Waals surface area contributed by atoms with Crippen molar-refractivity contribution in [3.63, 3.8) is 0 Å².